The molecule has 0 aromatic heterocycles. The van der Waals surface area contributed by atoms with Gasteiger partial charge in [0, 0.05) is 36.9 Å². The number of nitrogens with zero attached hydrogens (tertiary/aromatic N) is 3. The van der Waals surface area contributed by atoms with Gasteiger partial charge in [0.15, 0.2) is 0 Å². The second-order valence-corrected chi connectivity index (χ2v) is 8.51. The second kappa shape index (κ2) is 7.30. The number of aliphatic imine (C=N–C) groups is 1. The van der Waals surface area contributed by atoms with Gasteiger partial charge in [-0.1, -0.05) is 13.0 Å². The summed E-state index contributed by atoms with van der Waals surface area (Å²) in [6.07, 6.45) is 5.10. The maximum Gasteiger partial charge on any atom is 0.233 e. The Hall–Kier alpha value is -2.67. The highest BCUT2D eigenvalue weighted by molar-refractivity contribution is 6.12. The summed E-state index contributed by atoms with van der Waals surface area (Å²) in [4.78, 5) is 33.6. The molecule has 1 saturated carbocycles. The van der Waals surface area contributed by atoms with Crippen molar-refractivity contribution in [3.63, 3.8) is 0 Å². The molecule has 1 saturated heterocycles. The molecule has 1 atom stereocenters. The minimum atomic E-state index is -0.288. The second-order valence-electron chi connectivity index (χ2n) is 8.51. The Morgan fingerprint density at radius 3 is 2.55 bits per heavy atom. The van der Waals surface area contributed by atoms with Crippen LogP contribution in [0.25, 0.3) is 5.57 Å². The van der Waals surface area contributed by atoms with E-state index in [-0.39, 0.29) is 29.3 Å². The van der Waals surface area contributed by atoms with Gasteiger partial charge in [-0.2, -0.15) is 0 Å². The van der Waals surface area contributed by atoms with Crippen LogP contribution in [0.5, 0.6) is 0 Å². The lowest BCUT2D eigenvalue weighted by atomic mass is 9.99. The van der Waals surface area contributed by atoms with Crippen LogP contribution < -0.4 is 15.5 Å². The molecule has 1 aromatic carbocycles. The number of carbonyl (C=O) groups is 2. The minimum absolute atomic E-state index is 0.0302. The van der Waals surface area contributed by atoms with Crippen molar-refractivity contribution in [1.82, 2.24) is 0 Å². The van der Waals surface area contributed by atoms with Crippen molar-refractivity contribution in [2.45, 2.75) is 45.7 Å². The number of fused-ring (bicyclic) bond motifs is 1. The van der Waals surface area contributed by atoms with Crippen LogP contribution >= 0.6 is 0 Å². The molecule has 2 heterocycles. The summed E-state index contributed by atoms with van der Waals surface area (Å²) in [6, 6.07) is 5.87. The number of ether oxygens (including phenoxy) is 1. The fourth-order valence-electron chi connectivity index (χ4n) is 3.91. The zero-order chi connectivity index (χ0) is 20.8. The van der Waals surface area contributed by atoms with Crippen molar-refractivity contribution >= 4 is 35.0 Å². The van der Waals surface area contributed by atoms with Crippen molar-refractivity contribution in [3.8, 4) is 0 Å². The highest BCUT2D eigenvalue weighted by atomic mass is 16.5. The normalized spacial score (nSPS) is 23.7. The number of anilines is 2. The molecular weight excluding hydrogens is 368 g/mol. The number of amides is 2. The molecule has 0 radical (unpaired) electrons. The Kier molecular flexibility index (Phi) is 4.94. The number of allylic oxidation sites excluding steroid dienone is 1. The van der Waals surface area contributed by atoms with Gasteiger partial charge in [0.2, 0.25) is 11.8 Å². The smallest absolute Gasteiger partial charge is 0.233 e. The van der Waals surface area contributed by atoms with E-state index in [0.29, 0.717) is 19.8 Å². The molecule has 4 rings (SSSR count). The molecule has 1 aromatic rings. The predicted molar refractivity (Wildman–Crippen MR) is 114 cm³/mol. The summed E-state index contributed by atoms with van der Waals surface area (Å²) in [5, 5.41) is 0. The minimum Gasteiger partial charge on any atom is -0.404 e. The monoisotopic (exact) mass is 396 g/mol. The van der Waals surface area contributed by atoms with Gasteiger partial charge in [-0.25, -0.2) is 0 Å². The number of rotatable bonds is 4. The van der Waals surface area contributed by atoms with E-state index < -0.39 is 0 Å². The average molecular weight is 396 g/mol. The molecule has 2 N–H and O–H groups in total. The van der Waals surface area contributed by atoms with E-state index in [1.54, 1.807) is 18.0 Å². The van der Waals surface area contributed by atoms with Crippen LogP contribution in [0.2, 0.25) is 0 Å². The van der Waals surface area contributed by atoms with Crippen LogP contribution in [0.15, 0.2) is 29.4 Å². The topological polar surface area (TPSA) is 88.2 Å². The van der Waals surface area contributed by atoms with Crippen LogP contribution in [-0.4, -0.2) is 49.9 Å². The predicted octanol–water partition coefficient (Wildman–Crippen LogP) is 2.34. The molecule has 7 heteroatoms. The number of carbonyl (C=O) groups excluding carboxylic acids is 2. The molecule has 2 fully saturated rings. The summed E-state index contributed by atoms with van der Waals surface area (Å²) in [6.45, 7) is 7.30. The number of benzene rings is 1. The third-order valence-corrected chi connectivity index (χ3v) is 6.07. The summed E-state index contributed by atoms with van der Waals surface area (Å²) >= 11 is 0. The van der Waals surface area contributed by atoms with Crippen molar-refractivity contribution in [1.29, 1.82) is 0 Å². The largest absolute Gasteiger partial charge is 0.404 e. The molecule has 1 aliphatic carbocycles. The molecular formula is C22H28N4O3. The molecule has 0 bridgehead atoms. The van der Waals surface area contributed by atoms with E-state index in [2.05, 4.69) is 4.99 Å². The van der Waals surface area contributed by atoms with Crippen LogP contribution in [-0.2, 0) is 14.3 Å². The molecule has 2 amide bonds. The molecule has 29 heavy (non-hydrogen) atoms. The van der Waals surface area contributed by atoms with Crippen molar-refractivity contribution in [3.05, 3.63) is 30.0 Å². The summed E-state index contributed by atoms with van der Waals surface area (Å²) in [5.74, 6) is 0.0990. The molecule has 154 valence electrons. The van der Waals surface area contributed by atoms with Gasteiger partial charge in [-0.3, -0.25) is 14.6 Å². The number of hydrogen-bond donors (Lipinski definition) is 1. The van der Waals surface area contributed by atoms with Gasteiger partial charge in [0.1, 0.15) is 0 Å². The van der Waals surface area contributed by atoms with E-state index in [4.69, 9.17) is 10.5 Å². The van der Waals surface area contributed by atoms with Gasteiger partial charge in [0.25, 0.3) is 0 Å². The van der Waals surface area contributed by atoms with E-state index in [9.17, 15) is 9.59 Å². The number of hydrogen-bond acceptors (Lipinski definition) is 5. The Labute approximate surface area is 171 Å². The third kappa shape index (κ3) is 3.55. The zero-order valence-corrected chi connectivity index (χ0v) is 17.2. The number of nitrogens with two attached hydrogens (primary N) is 1. The van der Waals surface area contributed by atoms with Gasteiger partial charge in [-0.15, -0.1) is 0 Å². The van der Waals surface area contributed by atoms with Gasteiger partial charge >= 0.3 is 0 Å². The summed E-state index contributed by atoms with van der Waals surface area (Å²) in [5.41, 5.74) is 8.74. The molecule has 0 spiro atoms. The fraction of sp³-hybridized carbons (Fsp3) is 0.500. The van der Waals surface area contributed by atoms with Crippen molar-refractivity contribution in [2.75, 3.05) is 29.6 Å². The first-order valence-electron chi connectivity index (χ1n) is 10.1. The summed E-state index contributed by atoms with van der Waals surface area (Å²) < 4.78 is 5.16. The fourth-order valence-corrected chi connectivity index (χ4v) is 3.91. The van der Waals surface area contributed by atoms with Crippen LogP contribution in [0.1, 0.15) is 39.2 Å². The standard InChI is InChI=1S/C22H28N4O3/c1-14-11-25(21(28)22(3)6-7-22)20-8-16(4-5-19(20)26(14)15(2)27)17(9-23)10-24-18-12-29-13-18/h4-5,8-10,14,18H,6-7,11-13,23H2,1-3H3/b17-9+,24-10?/t14-/m0/s1. The first kappa shape index (κ1) is 19.6. The SMILES string of the molecule is CC(=O)N1c2ccc(/C(C=NC3COC3)=C/N)cc2N(C(=O)C2(C)CC2)C[C@@H]1C. The molecule has 0 unspecified atom stereocenters. The Bertz CT molecular complexity index is 899. The maximum atomic E-state index is 13.2. The van der Waals surface area contributed by atoms with Crippen molar-refractivity contribution in [2.24, 2.45) is 16.1 Å². The van der Waals surface area contributed by atoms with E-state index in [1.165, 1.54) is 6.20 Å². The third-order valence-electron chi connectivity index (χ3n) is 6.07. The van der Waals surface area contributed by atoms with Gasteiger partial charge in [0.05, 0.1) is 36.7 Å². The molecule has 2 aliphatic heterocycles. The van der Waals surface area contributed by atoms with E-state index >= 15 is 0 Å². The Balaban J connectivity index is 1.73. The lowest BCUT2D eigenvalue weighted by molar-refractivity contribution is -0.123. The Morgan fingerprint density at radius 1 is 1.28 bits per heavy atom. The van der Waals surface area contributed by atoms with Crippen molar-refractivity contribution < 1.29 is 14.3 Å². The van der Waals surface area contributed by atoms with Crippen LogP contribution in [0.4, 0.5) is 11.4 Å². The molecule has 7 nitrogen and oxygen atoms in total. The van der Waals surface area contributed by atoms with E-state index in [1.807, 2.05) is 36.9 Å². The first-order valence-corrected chi connectivity index (χ1v) is 10.1. The van der Waals surface area contributed by atoms with Crippen LogP contribution in [0.3, 0.4) is 0 Å². The lowest BCUT2D eigenvalue weighted by Crippen LogP contribution is -2.52. The van der Waals surface area contributed by atoms with Crippen LogP contribution in [0, 0.1) is 5.41 Å². The average Bonchev–Trinajstić information content (AvgIpc) is 3.40. The maximum absolute atomic E-state index is 13.2. The molecule has 3 aliphatic rings. The highest BCUT2D eigenvalue weighted by Gasteiger charge is 2.49. The Morgan fingerprint density at radius 2 is 2.00 bits per heavy atom. The lowest BCUT2D eigenvalue weighted by Gasteiger charge is -2.42. The zero-order valence-electron chi connectivity index (χ0n) is 17.2. The quantitative estimate of drug-likeness (QED) is 0.792. The summed E-state index contributed by atoms with van der Waals surface area (Å²) in [7, 11) is 0. The van der Waals surface area contributed by atoms with Gasteiger partial charge in [-0.05, 0) is 37.5 Å². The van der Waals surface area contributed by atoms with Gasteiger partial charge < -0.3 is 20.3 Å². The van der Waals surface area contributed by atoms with E-state index in [0.717, 1.165) is 35.4 Å². The highest BCUT2D eigenvalue weighted by Crippen LogP contribution is 2.49. The first-order chi connectivity index (χ1) is 13.8.